The molecule has 0 radical (unpaired) electrons. The molecule has 0 atom stereocenters. The highest BCUT2D eigenvalue weighted by molar-refractivity contribution is 7.90. The fourth-order valence-electron chi connectivity index (χ4n) is 4.42. The van der Waals surface area contributed by atoms with Crippen molar-refractivity contribution in [2.75, 3.05) is 37.2 Å². The molecule has 35 heavy (non-hydrogen) atoms. The lowest BCUT2D eigenvalue weighted by Gasteiger charge is -2.05. The summed E-state index contributed by atoms with van der Waals surface area (Å²) in [5, 5.41) is 0. The van der Waals surface area contributed by atoms with Crippen LogP contribution >= 0.6 is 0 Å². The molecule has 0 fully saturated rings. The highest BCUT2D eigenvalue weighted by Crippen LogP contribution is 2.13. The molecule has 0 aliphatic rings. The summed E-state index contributed by atoms with van der Waals surface area (Å²) in [7, 11) is -5.55. The fourth-order valence-corrected chi connectivity index (χ4v) is 5.88. The van der Waals surface area contributed by atoms with Crippen molar-refractivity contribution in [3.8, 4) is 0 Å². The Kier molecular flexibility index (Phi) is 24.1. The lowest BCUT2D eigenvalue weighted by Crippen LogP contribution is -2.02. The van der Waals surface area contributed by atoms with Gasteiger partial charge >= 0.3 is 0 Å². The molecule has 0 rings (SSSR count). The zero-order valence-corrected chi connectivity index (χ0v) is 24.9. The summed E-state index contributed by atoms with van der Waals surface area (Å²) in [6.45, 7) is 1.83. The van der Waals surface area contributed by atoms with Crippen LogP contribution in [0.2, 0.25) is 0 Å². The Balaban J connectivity index is 3.09. The van der Waals surface area contributed by atoms with Crippen molar-refractivity contribution < 1.29 is 21.6 Å². The first-order chi connectivity index (χ1) is 16.7. The molecule has 0 saturated carbocycles. The van der Waals surface area contributed by atoms with E-state index in [-0.39, 0.29) is 0 Å². The van der Waals surface area contributed by atoms with Crippen LogP contribution < -0.4 is 0 Å². The van der Waals surface area contributed by atoms with E-state index in [0.29, 0.717) is 11.5 Å². The second kappa shape index (κ2) is 24.2. The minimum Gasteiger partial charge on any atom is -0.381 e. The first kappa shape index (κ1) is 34.9. The van der Waals surface area contributed by atoms with E-state index in [1.807, 2.05) is 0 Å². The van der Waals surface area contributed by atoms with E-state index in [0.717, 1.165) is 38.9 Å². The number of ether oxygens (including phenoxy) is 1. The Labute approximate surface area is 219 Å². The van der Waals surface area contributed by atoms with E-state index in [4.69, 9.17) is 4.74 Å². The monoisotopic (exact) mass is 538 g/mol. The molecule has 0 aromatic carbocycles. The molecular weight excluding hydrogens is 480 g/mol. The van der Waals surface area contributed by atoms with Crippen LogP contribution in [-0.4, -0.2) is 54.1 Å². The van der Waals surface area contributed by atoms with Gasteiger partial charge in [0.05, 0.1) is 0 Å². The van der Waals surface area contributed by atoms with Crippen LogP contribution in [0.15, 0.2) is 0 Å². The maximum atomic E-state index is 11.1. The normalized spacial score (nSPS) is 12.4. The molecular formula is C28H58O5S2. The standard InChI is InChI=1S/C28H58O5S2/c1-34(29,30)27-23-19-15-11-7-3-5-9-13-17-21-25-33-26-22-18-14-10-6-4-8-12-16-20-24-28-35(2,31)32/h3-28H2,1-2H3. The predicted molar refractivity (Wildman–Crippen MR) is 152 cm³/mol. The zero-order chi connectivity index (χ0) is 26.1. The molecule has 0 aliphatic heterocycles. The largest absolute Gasteiger partial charge is 0.381 e. The molecule has 0 spiro atoms. The summed E-state index contributed by atoms with van der Waals surface area (Å²) >= 11 is 0. The molecule has 0 amide bonds. The Morgan fingerprint density at radius 1 is 0.343 bits per heavy atom. The summed E-state index contributed by atoms with van der Waals surface area (Å²) in [5.74, 6) is 0.690. The lowest BCUT2D eigenvalue weighted by atomic mass is 10.1. The van der Waals surface area contributed by atoms with Crippen LogP contribution in [0.4, 0.5) is 0 Å². The summed E-state index contributed by atoms with van der Waals surface area (Å²) in [6.07, 6.45) is 29.3. The topological polar surface area (TPSA) is 77.5 Å². The third kappa shape index (κ3) is 33.9. The lowest BCUT2D eigenvalue weighted by molar-refractivity contribution is 0.125. The van der Waals surface area contributed by atoms with E-state index >= 15 is 0 Å². The van der Waals surface area contributed by atoms with Gasteiger partial charge in [0.2, 0.25) is 0 Å². The summed E-state index contributed by atoms with van der Waals surface area (Å²) in [4.78, 5) is 0. The Morgan fingerprint density at radius 3 is 0.771 bits per heavy atom. The van der Waals surface area contributed by atoms with Crippen molar-refractivity contribution in [1.82, 2.24) is 0 Å². The van der Waals surface area contributed by atoms with Crippen molar-refractivity contribution in [3.63, 3.8) is 0 Å². The van der Waals surface area contributed by atoms with Crippen molar-refractivity contribution in [1.29, 1.82) is 0 Å². The van der Waals surface area contributed by atoms with Gasteiger partial charge in [-0.2, -0.15) is 0 Å². The van der Waals surface area contributed by atoms with Gasteiger partial charge in [0, 0.05) is 37.2 Å². The van der Waals surface area contributed by atoms with Gasteiger partial charge in [-0.15, -0.1) is 0 Å². The molecule has 0 N–H and O–H groups in total. The van der Waals surface area contributed by atoms with Crippen molar-refractivity contribution in [2.45, 2.75) is 141 Å². The second-order valence-electron chi connectivity index (χ2n) is 10.7. The third-order valence-electron chi connectivity index (χ3n) is 6.61. The average molecular weight is 539 g/mol. The van der Waals surface area contributed by atoms with E-state index in [9.17, 15) is 16.8 Å². The van der Waals surface area contributed by atoms with Crippen molar-refractivity contribution in [3.05, 3.63) is 0 Å². The van der Waals surface area contributed by atoms with E-state index in [1.165, 1.54) is 128 Å². The molecule has 212 valence electrons. The average Bonchev–Trinajstić information content (AvgIpc) is 2.77. The molecule has 0 unspecified atom stereocenters. The first-order valence-electron chi connectivity index (χ1n) is 14.6. The maximum Gasteiger partial charge on any atom is 0.147 e. The minimum atomic E-state index is -2.78. The summed E-state index contributed by atoms with van der Waals surface area (Å²) < 4.78 is 50.0. The minimum absolute atomic E-state index is 0.345. The first-order valence-corrected chi connectivity index (χ1v) is 18.8. The number of hydrogen-bond acceptors (Lipinski definition) is 5. The van der Waals surface area contributed by atoms with Crippen LogP contribution in [0.1, 0.15) is 141 Å². The van der Waals surface area contributed by atoms with Gasteiger partial charge in [0.15, 0.2) is 0 Å². The number of unbranched alkanes of at least 4 members (excludes halogenated alkanes) is 20. The van der Waals surface area contributed by atoms with Crippen molar-refractivity contribution >= 4 is 19.7 Å². The van der Waals surface area contributed by atoms with Gasteiger partial charge in [0.1, 0.15) is 19.7 Å². The fraction of sp³-hybridized carbons (Fsp3) is 1.00. The molecule has 7 heteroatoms. The van der Waals surface area contributed by atoms with Gasteiger partial charge in [-0.25, -0.2) is 16.8 Å². The number of hydrogen-bond donors (Lipinski definition) is 0. The zero-order valence-electron chi connectivity index (χ0n) is 23.2. The van der Waals surface area contributed by atoms with Gasteiger partial charge in [0.25, 0.3) is 0 Å². The molecule has 0 bridgehead atoms. The van der Waals surface area contributed by atoms with Gasteiger partial charge in [-0.05, 0) is 25.7 Å². The highest BCUT2D eigenvalue weighted by Gasteiger charge is 2.02. The van der Waals surface area contributed by atoms with E-state index in [2.05, 4.69) is 0 Å². The van der Waals surface area contributed by atoms with Crippen LogP contribution in [-0.2, 0) is 24.4 Å². The van der Waals surface area contributed by atoms with Gasteiger partial charge in [-0.1, -0.05) is 116 Å². The molecule has 0 saturated heterocycles. The molecule has 0 aromatic heterocycles. The Bertz CT molecular complexity index is 588. The van der Waals surface area contributed by atoms with Crippen molar-refractivity contribution in [2.24, 2.45) is 0 Å². The molecule has 0 aliphatic carbocycles. The number of rotatable bonds is 28. The molecule has 0 aromatic rings. The third-order valence-corrected chi connectivity index (χ3v) is 8.67. The SMILES string of the molecule is CS(=O)(=O)CCCCCCCCCCCCCOCCCCCCCCCCCCCS(C)(=O)=O. The summed E-state index contributed by atoms with van der Waals surface area (Å²) in [5.41, 5.74) is 0. The van der Waals surface area contributed by atoms with E-state index < -0.39 is 19.7 Å². The smallest absolute Gasteiger partial charge is 0.147 e. The predicted octanol–water partition coefficient (Wildman–Crippen LogP) is 7.67. The highest BCUT2D eigenvalue weighted by atomic mass is 32.2. The quantitative estimate of drug-likeness (QED) is 0.0955. The van der Waals surface area contributed by atoms with E-state index in [1.54, 1.807) is 0 Å². The van der Waals surface area contributed by atoms with Gasteiger partial charge in [-0.3, -0.25) is 0 Å². The Morgan fingerprint density at radius 2 is 0.543 bits per heavy atom. The summed E-state index contributed by atoms with van der Waals surface area (Å²) in [6, 6.07) is 0. The van der Waals surface area contributed by atoms with Crippen LogP contribution in [0.3, 0.4) is 0 Å². The van der Waals surface area contributed by atoms with Crippen LogP contribution in [0.5, 0.6) is 0 Å². The molecule has 0 heterocycles. The van der Waals surface area contributed by atoms with Gasteiger partial charge < -0.3 is 4.74 Å². The number of sulfone groups is 2. The Hall–Kier alpha value is -0.140. The second-order valence-corrected chi connectivity index (χ2v) is 15.2. The van der Waals surface area contributed by atoms with Crippen LogP contribution in [0.25, 0.3) is 0 Å². The maximum absolute atomic E-state index is 11.1. The molecule has 5 nitrogen and oxygen atoms in total. The van der Waals surface area contributed by atoms with Crippen LogP contribution in [0, 0.1) is 0 Å².